The van der Waals surface area contributed by atoms with Crippen LogP contribution in [0, 0.1) is 17.2 Å². The van der Waals surface area contributed by atoms with Gasteiger partial charge in [-0.2, -0.15) is 0 Å². The minimum atomic E-state index is -1.51. The Morgan fingerprint density at radius 1 is 0.939 bits per heavy atom. The summed E-state index contributed by atoms with van der Waals surface area (Å²) in [6, 6.07) is 10.9. The van der Waals surface area contributed by atoms with Crippen molar-refractivity contribution in [3.63, 3.8) is 0 Å². The van der Waals surface area contributed by atoms with Crippen LogP contribution in [0.25, 0.3) is 17.2 Å². The van der Waals surface area contributed by atoms with E-state index in [4.69, 9.17) is 33.8 Å². The number of carbonyl (C=O) groups excluding carboxylic acids is 6. The summed E-state index contributed by atoms with van der Waals surface area (Å²) in [7, 11) is 1.42. The minimum absolute atomic E-state index is 0.0401. The van der Waals surface area contributed by atoms with E-state index in [2.05, 4.69) is 37.7 Å². The van der Waals surface area contributed by atoms with Crippen LogP contribution in [0.2, 0.25) is 0 Å². The summed E-state index contributed by atoms with van der Waals surface area (Å²) in [6.45, 7) is 17.4. The molecule has 0 bridgehead atoms. The van der Waals surface area contributed by atoms with E-state index in [1.165, 1.54) is 56.5 Å². The average molecular weight is 914 g/mol. The molecule has 2 fully saturated rings. The highest BCUT2D eigenvalue weighted by Crippen LogP contribution is 2.35. The van der Waals surface area contributed by atoms with Crippen LogP contribution in [-0.2, 0) is 28.5 Å². The zero-order valence-electron chi connectivity index (χ0n) is 38.4. The molecule has 66 heavy (non-hydrogen) atoms. The van der Waals surface area contributed by atoms with Gasteiger partial charge in [0.15, 0.2) is 5.69 Å². The fourth-order valence-electron chi connectivity index (χ4n) is 6.57. The van der Waals surface area contributed by atoms with Crippen LogP contribution < -0.4 is 26.0 Å². The van der Waals surface area contributed by atoms with Gasteiger partial charge < -0.3 is 44.4 Å². The third-order valence-corrected chi connectivity index (χ3v) is 10.2. The van der Waals surface area contributed by atoms with Crippen LogP contribution in [0.4, 0.5) is 15.3 Å². The summed E-state index contributed by atoms with van der Waals surface area (Å²) >= 11 is 0. The number of hydrogen-bond donors (Lipinski definition) is 5. The Morgan fingerprint density at radius 3 is 2.26 bits per heavy atom. The second kappa shape index (κ2) is 22.9. The minimum Gasteiger partial charge on any atom is -0.496 e. The van der Waals surface area contributed by atoms with Crippen LogP contribution in [0.1, 0.15) is 96.8 Å². The number of esters is 2. The molecule has 19 nitrogen and oxygen atoms in total. The molecule has 5 N–H and O–H groups in total. The molecule has 4 amide bonds. The number of ether oxygens (including phenoxy) is 6. The first-order valence-electron chi connectivity index (χ1n) is 21.6. The topological polar surface area (TPSA) is 246 Å². The Kier molecular flexibility index (Phi) is 17.4. The predicted octanol–water partition coefficient (Wildman–Crippen LogP) is 5.77. The number of benzene rings is 2. The lowest BCUT2D eigenvalue weighted by atomic mass is 9.94. The van der Waals surface area contributed by atoms with Gasteiger partial charge in [0.05, 0.1) is 20.3 Å². The Balaban J connectivity index is 1.38. The molecule has 2 aliphatic rings. The largest absolute Gasteiger partial charge is 0.496 e. The summed E-state index contributed by atoms with van der Waals surface area (Å²) in [5, 5.41) is 18.9. The number of carbonyl (C=O) groups is 6. The fraction of sp³-hybridized carbons (Fsp3) is 0.447. The van der Waals surface area contributed by atoms with Gasteiger partial charge in [0, 0.05) is 66.6 Å². The number of rotatable bonds is 18. The zero-order chi connectivity index (χ0) is 48.1. The lowest BCUT2D eigenvalue weighted by molar-refractivity contribution is -0.169. The number of morpholine rings is 1. The molecule has 2 atom stereocenters. The molecule has 2 heterocycles. The lowest BCUT2D eigenvalue weighted by Crippen LogP contribution is -2.48. The molecule has 2 aromatic carbocycles. The van der Waals surface area contributed by atoms with Gasteiger partial charge in [-0.1, -0.05) is 26.5 Å². The molecule has 5 rings (SSSR count). The standard InChI is InChI=1S/C47H59N7O12/c1-9-30-24-35(41(55)50-32-14-12-31(13-15-32)40(48)53-45(59)63-23-20-54-18-21-62-22-19-54)34(25-37(30)61-8)33-16-17-36(42(56)49-26-29-10-11-29)51-39(33)44(58)65-28(4)64-43(57)38(27(2)3)52-46(60)66-47(5,6)7/h9,12-17,24-25,27-29,38H,1,10-11,18-23,26H2,2-8H3,(H,49,56)(H,50,55)(H,52,60)(H2,48,53,59)/t28?,38-/m0/s1. The molecule has 1 unspecified atom stereocenters. The Bertz CT molecular complexity index is 2280. The van der Waals surface area contributed by atoms with E-state index in [9.17, 15) is 28.8 Å². The van der Waals surface area contributed by atoms with Gasteiger partial charge in [-0.15, -0.1) is 0 Å². The number of alkyl carbamates (subject to hydrolysis) is 2. The number of methoxy groups -OCH3 is 1. The number of amides is 4. The molecule has 1 saturated heterocycles. The maximum atomic E-state index is 14.2. The Labute approximate surface area is 383 Å². The molecular formula is C47H59N7O12. The van der Waals surface area contributed by atoms with E-state index >= 15 is 0 Å². The van der Waals surface area contributed by atoms with Crippen molar-refractivity contribution >= 4 is 53.5 Å². The van der Waals surface area contributed by atoms with Crippen LogP contribution >= 0.6 is 0 Å². The molecule has 354 valence electrons. The molecule has 1 aliphatic heterocycles. The van der Waals surface area contributed by atoms with Gasteiger partial charge in [0.2, 0.25) is 6.29 Å². The summed E-state index contributed by atoms with van der Waals surface area (Å²) in [5.41, 5.74) is 0.0256. The predicted molar refractivity (Wildman–Crippen MR) is 243 cm³/mol. The van der Waals surface area contributed by atoms with Gasteiger partial charge in [-0.25, -0.2) is 24.2 Å². The second-order valence-electron chi connectivity index (χ2n) is 17.0. The van der Waals surface area contributed by atoms with Crippen molar-refractivity contribution in [2.45, 2.75) is 72.3 Å². The third-order valence-electron chi connectivity index (χ3n) is 10.2. The van der Waals surface area contributed by atoms with E-state index < -0.39 is 59.8 Å². The lowest BCUT2D eigenvalue weighted by Gasteiger charge is -2.26. The monoisotopic (exact) mass is 913 g/mol. The molecule has 1 aliphatic carbocycles. The molecule has 3 aromatic rings. The Hall–Kier alpha value is -6.86. The summed E-state index contributed by atoms with van der Waals surface area (Å²) in [4.78, 5) is 86.4. The quantitative estimate of drug-likeness (QED) is 0.0335. The highest BCUT2D eigenvalue weighted by Gasteiger charge is 2.32. The van der Waals surface area contributed by atoms with E-state index in [1.807, 2.05) is 0 Å². The molecule has 1 saturated carbocycles. The SMILES string of the molecule is C=Cc1cc(C(=O)Nc2ccc(C(=N)NC(=O)OCCN3CCOCC3)cc2)c(-c2ccc(C(=O)NCC3CC3)nc2C(=O)OC(C)OC(=O)[C@@H](NC(=O)OC(C)(C)C)C(C)C)cc1OC. The zero-order valence-corrected chi connectivity index (χ0v) is 38.4. The molecule has 0 radical (unpaired) electrons. The van der Waals surface area contributed by atoms with E-state index in [0.717, 1.165) is 25.9 Å². The van der Waals surface area contributed by atoms with Gasteiger partial charge in [-0.05, 0) is 94.0 Å². The number of amidine groups is 1. The van der Waals surface area contributed by atoms with Crippen LogP contribution in [0.3, 0.4) is 0 Å². The molecular weight excluding hydrogens is 855 g/mol. The second-order valence-corrected chi connectivity index (χ2v) is 17.0. The first kappa shape index (κ1) is 50.1. The highest BCUT2D eigenvalue weighted by molar-refractivity contribution is 6.11. The van der Waals surface area contributed by atoms with Crippen molar-refractivity contribution < 1.29 is 57.2 Å². The summed E-state index contributed by atoms with van der Waals surface area (Å²) in [5.74, 6) is -3.20. The number of anilines is 1. The summed E-state index contributed by atoms with van der Waals surface area (Å²) in [6.07, 6.45) is 0.321. The smallest absolute Gasteiger partial charge is 0.412 e. The van der Waals surface area contributed by atoms with E-state index in [1.54, 1.807) is 46.8 Å². The van der Waals surface area contributed by atoms with Crippen LogP contribution in [0.15, 0.2) is 55.1 Å². The summed E-state index contributed by atoms with van der Waals surface area (Å²) < 4.78 is 32.6. The van der Waals surface area contributed by atoms with Gasteiger partial charge >= 0.3 is 24.1 Å². The molecule has 19 heteroatoms. The maximum absolute atomic E-state index is 14.2. The van der Waals surface area contributed by atoms with E-state index in [-0.39, 0.29) is 46.3 Å². The number of hydrogen-bond acceptors (Lipinski definition) is 15. The normalized spacial score (nSPS) is 14.7. The van der Waals surface area contributed by atoms with Gasteiger partial charge in [0.25, 0.3) is 11.8 Å². The first-order valence-corrected chi connectivity index (χ1v) is 21.6. The molecule has 0 spiro atoms. The fourth-order valence-corrected chi connectivity index (χ4v) is 6.57. The van der Waals surface area contributed by atoms with Crippen LogP contribution in [-0.4, -0.2) is 123 Å². The van der Waals surface area contributed by atoms with E-state index in [0.29, 0.717) is 49.0 Å². The maximum Gasteiger partial charge on any atom is 0.412 e. The van der Waals surface area contributed by atoms with Crippen molar-refractivity contribution in [3.8, 4) is 16.9 Å². The van der Waals surface area contributed by atoms with Crippen molar-refractivity contribution in [2.75, 3.05) is 58.4 Å². The first-order chi connectivity index (χ1) is 31.3. The van der Waals surface area contributed by atoms with Crippen molar-refractivity contribution in [2.24, 2.45) is 11.8 Å². The van der Waals surface area contributed by atoms with Crippen LogP contribution in [0.5, 0.6) is 5.75 Å². The number of pyridine rings is 1. The highest BCUT2D eigenvalue weighted by atomic mass is 16.7. The third kappa shape index (κ3) is 14.6. The number of aromatic nitrogens is 1. The Morgan fingerprint density at radius 2 is 1.64 bits per heavy atom. The van der Waals surface area contributed by atoms with Crippen molar-refractivity contribution in [3.05, 3.63) is 83.2 Å². The number of nitrogens with zero attached hydrogens (tertiary/aromatic N) is 2. The van der Waals surface area contributed by atoms with Crippen molar-refractivity contribution in [1.82, 2.24) is 25.8 Å². The number of nitrogens with one attached hydrogen (secondary N) is 5. The van der Waals surface area contributed by atoms with Gasteiger partial charge in [-0.3, -0.25) is 25.2 Å². The molecule has 1 aromatic heterocycles. The average Bonchev–Trinajstić information content (AvgIpc) is 4.11. The van der Waals surface area contributed by atoms with Crippen molar-refractivity contribution in [1.29, 1.82) is 5.41 Å². The van der Waals surface area contributed by atoms with Gasteiger partial charge in [0.1, 0.15) is 35.5 Å².